The van der Waals surface area contributed by atoms with Crippen LogP contribution in [0.15, 0.2) is 41.3 Å². The highest BCUT2D eigenvalue weighted by Crippen LogP contribution is 2.25. The van der Waals surface area contributed by atoms with Crippen molar-refractivity contribution >= 4 is 34.6 Å². The number of aromatic amines is 1. The van der Waals surface area contributed by atoms with Crippen LogP contribution in [0.4, 0.5) is 14.9 Å². The zero-order valence-corrected chi connectivity index (χ0v) is 24.2. The number of hydrogen-bond acceptors (Lipinski definition) is 6. The monoisotopic (exact) mass is 568 g/mol. The smallest absolute Gasteiger partial charge is 0.407 e. The molecule has 0 radical (unpaired) electrons. The molecule has 0 aromatic carbocycles. The predicted molar refractivity (Wildman–Crippen MR) is 154 cm³/mol. The fraction of sp³-hybridized carbons (Fsp3) is 0.414. The van der Waals surface area contributed by atoms with Crippen LogP contribution in [-0.2, 0) is 27.3 Å². The number of nitrogens with one attached hydrogen (secondary N) is 3. The van der Waals surface area contributed by atoms with E-state index in [-0.39, 0.29) is 36.3 Å². The minimum absolute atomic E-state index is 0.0177. The summed E-state index contributed by atoms with van der Waals surface area (Å²) in [6, 6.07) is 3.85. The molecule has 1 unspecified atom stereocenters. The Bertz CT molecular complexity index is 1510. The van der Waals surface area contributed by atoms with Crippen LogP contribution < -0.4 is 16.2 Å². The van der Waals surface area contributed by atoms with Gasteiger partial charge in [-0.3, -0.25) is 14.4 Å². The maximum Gasteiger partial charge on any atom is 0.407 e. The number of allylic oxidation sites excluding steroid dienone is 1. The summed E-state index contributed by atoms with van der Waals surface area (Å²) < 4.78 is 20.9. The van der Waals surface area contributed by atoms with Crippen LogP contribution >= 0.6 is 0 Å². The van der Waals surface area contributed by atoms with Gasteiger partial charge in [0.2, 0.25) is 11.8 Å². The zero-order chi connectivity index (χ0) is 30.3. The minimum atomic E-state index is -1.02. The molecule has 3 aromatic rings. The Balaban J connectivity index is 1.80. The number of aryl methyl sites for hydroxylation is 1. The largest absolute Gasteiger partial charge is 0.453 e. The Hall–Kier alpha value is -4.48. The van der Waals surface area contributed by atoms with E-state index in [1.165, 1.54) is 28.7 Å². The number of halogens is 1. The number of carbonyl (C=O) groups is 3. The van der Waals surface area contributed by atoms with Crippen molar-refractivity contribution in [2.75, 3.05) is 26.5 Å². The normalized spacial score (nSPS) is 12.1. The van der Waals surface area contributed by atoms with Gasteiger partial charge in [0, 0.05) is 31.5 Å². The van der Waals surface area contributed by atoms with Gasteiger partial charge < -0.3 is 29.8 Å². The van der Waals surface area contributed by atoms with E-state index in [0.29, 0.717) is 40.8 Å². The summed E-state index contributed by atoms with van der Waals surface area (Å²) in [7, 11) is 4.42. The third kappa shape index (κ3) is 8.03. The maximum absolute atomic E-state index is 14.9. The average Bonchev–Trinajstić information content (AvgIpc) is 3.31. The Kier molecular flexibility index (Phi) is 10.4. The molecule has 0 aliphatic heterocycles. The molecule has 0 spiro atoms. The van der Waals surface area contributed by atoms with Gasteiger partial charge in [0.25, 0.3) is 5.56 Å². The number of ether oxygens (including phenoxy) is 1. The number of H-pyrrole nitrogens is 1. The van der Waals surface area contributed by atoms with Crippen molar-refractivity contribution in [3.05, 3.63) is 69.7 Å². The van der Waals surface area contributed by atoms with E-state index < -0.39 is 23.6 Å². The fourth-order valence-corrected chi connectivity index (χ4v) is 4.29. The summed E-state index contributed by atoms with van der Waals surface area (Å²) in [5.74, 6) is -0.926. The first-order valence-corrected chi connectivity index (χ1v) is 13.3. The number of likely N-dealkylation sites (N-methyl/N-ethyl adjacent to an activating group) is 1. The fourth-order valence-electron chi connectivity index (χ4n) is 4.29. The predicted octanol–water partition coefficient (Wildman–Crippen LogP) is 3.51. The number of amides is 3. The highest BCUT2D eigenvalue weighted by atomic mass is 19.1. The lowest BCUT2D eigenvalue weighted by atomic mass is 10.0. The van der Waals surface area contributed by atoms with E-state index in [4.69, 9.17) is 0 Å². The van der Waals surface area contributed by atoms with Crippen LogP contribution in [0.1, 0.15) is 43.6 Å². The highest BCUT2D eigenvalue weighted by molar-refractivity contribution is 5.96. The third-order valence-electron chi connectivity index (χ3n) is 6.37. The Morgan fingerprint density at radius 3 is 2.66 bits per heavy atom. The zero-order valence-electron chi connectivity index (χ0n) is 24.2. The molecule has 12 heteroatoms. The summed E-state index contributed by atoms with van der Waals surface area (Å²) in [6.45, 7) is 5.79. The molecule has 0 saturated carbocycles. The van der Waals surface area contributed by atoms with Gasteiger partial charge in [-0.25, -0.2) is 14.2 Å². The summed E-state index contributed by atoms with van der Waals surface area (Å²) >= 11 is 0. The number of alkyl carbamates (subject to hydrolysis) is 1. The van der Waals surface area contributed by atoms with Crippen LogP contribution in [0.5, 0.6) is 0 Å². The number of hydrogen-bond donors (Lipinski definition) is 3. The van der Waals surface area contributed by atoms with Crippen molar-refractivity contribution in [1.29, 1.82) is 0 Å². The van der Waals surface area contributed by atoms with Crippen molar-refractivity contribution in [2.24, 2.45) is 5.92 Å². The van der Waals surface area contributed by atoms with Crippen LogP contribution in [0.2, 0.25) is 0 Å². The van der Waals surface area contributed by atoms with Crippen LogP contribution in [0.25, 0.3) is 11.0 Å². The number of carbonyl (C=O) groups excluding carboxylic acids is 3. The Morgan fingerprint density at radius 2 is 2.00 bits per heavy atom. The molecule has 3 amide bonds. The van der Waals surface area contributed by atoms with Crippen LogP contribution in [0.3, 0.4) is 0 Å². The number of aromatic nitrogens is 3. The van der Waals surface area contributed by atoms with E-state index in [0.717, 1.165) is 0 Å². The number of pyridine rings is 2. The summed E-state index contributed by atoms with van der Waals surface area (Å²) in [6.07, 6.45) is 4.77. The number of nitrogens with zero attached hydrogens (tertiary/aromatic N) is 3. The van der Waals surface area contributed by atoms with E-state index in [1.807, 2.05) is 13.8 Å². The van der Waals surface area contributed by atoms with Gasteiger partial charge in [0.1, 0.15) is 17.5 Å². The van der Waals surface area contributed by atoms with Gasteiger partial charge in [0.15, 0.2) is 0 Å². The van der Waals surface area contributed by atoms with E-state index >= 15 is 0 Å². The second-order valence-electron chi connectivity index (χ2n) is 10.4. The molecule has 220 valence electrons. The van der Waals surface area contributed by atoms with Gasteiger partial charge in [0.05, 0.1) is 30.4 Å². The molecule has 3 heterocycles. The minimum Gasteiger partial charge on any atom is -0.453 e. The van der Waals surface area contributed by atoms with Crippen molar-refractivity contribution in [2.45, 2.75) is 52.6 Å². The average molecular weight is 569 g/mol. The number of fused-ring (bicyclic) bond motifs is 1. The second-order valence-corrected chi connectivity index (χ2v) is 10.4. The number of rotatable bonds is 11. The molecular weight excluding hydrogens is 531 g/mol. The lowest BCUT2D eigenvalue weighted by molar-refractivity contribution is -0.123. The lowest BCUT2D eigenvalue weighted by Crippen LogP contribution is -2.44. The standard InChI is InChI=1S/C29H37FN6O5/c1-17(2)14-20-25(30)18(3)31-23-15-19(32-26(20)23)16-36-13-9-11-22(28(36)39)33-27(38)21(34-29(40)41-6)10-7-8-12-24(37)35(4)5/h8-9,11-13,15,17,21,32H,7,10,14,16H2,1-6H3,(H,33,38)(H,34,40)/b12-8+. The first-order valence-electron chi connectivity index (χ1n) is 13.3. The summed E-state index contributed by atoms with van der Waals surface area (Å²) in [5.41, 5.74) is 2.30. The van der Waals surface area contributed by atoms with E-state index in [9.17, 15) is 23.6 Å². The molecule has 0 aliphatic rings. The molecule has 0 fully saturated rings. The lowest BCUT2D eigenvalue weighted by Gasteiger charge is -2.17. The third-order valence-corrected chi connectivity index (χ3v) is 6.37. The molecule has 0 saturated heterocycles. The van der Waals surface area contributed by atoms with Gasteiger partial charge in [-0.15, -0.1) is 0 Å². The Labute approximate surface area is 237 Å². The number of methoxy groups -OCH3 is 1. The van der Waals surface area contributed by atoms with Gasteiger partial charge >= 0.3 is 6.09 Å². The van der Waals surface area contributed by atoms with Crippen molar-refractivity contribution in [1.82, 2.24) is 24.8 Å². The van der Waals surface area contributed by atoms with Crippen LogP contribution in [0, 0.1) is 18.7 Å². The van der Waals surface area contributed by atoms with E-state index in [2.05, 4.69) is 25.3 Å². The molecule has 0 aliphatic carbocycles. The maximum atomic E-state index is 14.9. The Morgan fingerprint density at radius 1 is 1.27 bits per heavy atom. The second kappa shape index (κ2) is 13.7. The van der Waals surface area contributed by atoms with Gasteiger partial charge in [-0.1, -0.05) is 19.9 Å². The van der Waals surface area contributed by atoms with Crippen molar-refractivity contribution < 1.29 is 23.5 Å². The molecule has 3 rings (SSSR count). The topological polar surface area (TPSA) is 138 Å². The highest BCUT2D eigenvalue weighted by Gasteiger charge is 2.22. The molecule has 1 atom stereocenters. The van der Waals surface area contributed by atoms with Crippen molar-refractivity contribution in [3.8, 4) is 0 Å². The van der Waals surface area contributed by atoms with Crippen LogP contribution in [-0.4, -0.2) is 64.6 Å². The molecule has 0 bridgehead atoms. The number of anilines is 1. The van der Waals surface area contributed by atoms with Gasteiger partial charge in [-0.2, -0.15) is 0 Å². The van der Waals surface area contributed by atoms with Gasteiger partial charge in [-0.05, 0) is 56.4 Å². The quantitative estimate of drug-likeness (QED) is 0.303. The molecule has 11 nitrogen and oxygen atoms in total. The summed E-state index contributed by atoms with van der Waals surface area (Å²) in [5, 5.41) is 5.05. The molecule has 41 heavy (non-hydrogen) atoms. The SMILES string of the molecule is COC(=O)NC(CC/C=C/C(=O)N(C)C)C(=O)Nc1cccn(Cc2cc3nc(C)c(F)c(CC(C)C)c3[nH]2)c1=O. The summed E-state index contributed by atoms with van der Waals surface area (Å²) in [4.78, 5) is 58.9. The van der Waals surface area contributed by atoms with Crippen molar-refractivity contribution in [3.63, 3.8) is 0 Å². The first kappa shape index (κ1) is 31.1. The molecule has 3 aromatic heterocycles. The molecular formula is C29H37FN6O5. The van der Waals surface area contributed by atoms with E-state index in [1.54, 1.807) is 45.4 Å². The first-order chi connectivity index (χ1) is 19.4. The molecule has 3 N–H and O–H groups in total.